The fraction of sp³-hybridized carbons (Fsp3) is 0.111. The molecule has 3 nitrogen and oxygen atoms in total. The Morgan fingerprint density at radius 1 is 0.955 bits per heavy atom. The third kappa shape index (κ3) is 3.28. The van der Waals surface area contributed by atoms with Gasteiger partial charge in [-0.3, -0.25) is 4.79 Å². The van der Waals surface area contributed by atoms with E-state index in [0.717, 1.165) is 11.3 Å². The maximum absolute atomic E-state index is 11.1. The summed E-state index contributed by atoms with van der Waals surface area (Å²) in [4.78, 5) is 13.5. The Morgan fingerprint density at radius 2 is 1.73 bits per heavy atom. The topological polar surface area (TPSA) is 45.8 Å². The average Bonchev–Trinajstić information content (AvgIpc) is 2.52. The summed E-state index contributed by atoms with van der Waals surface area (Å²) in [6.45, 7) is 4.18. The van der Waals surface area contributed by atoms with Crippen LogP contribution >= 0.6 is 11.8 Å². The summed E-state index contributed by atoms with van der Waals surface area (Å²) in [5.41, 5.74) is 4.04. The van der Waals surface area contributed by atoms with Gasteiger partial charge in [-0.25, -0.2) is 5.10 Å². The first-order valence-electron chi connectivity index (χ1n) is 7.03. The number of nitrogens with zero attached hydrogens (tertiary/aromatic N) is 1. The molecule has 22 heavy (non-hydrogen) atoms. The molecule has 1 N–H and O–H groups in total. The highest BCUT2D eigenvalue weighted by Gasteiger charge is 2.05. The Balaban J connectivity index is 1.87. The summed E-state index contributed by atoms with van der Waals surface area (Å²) in [5, 5.41) is 6.54. The number of nitrogens with one attached hydrogen (secondary N) is 1. The van der Waals surface area contributed by atoms with Gasteiger partial charge in [-0.2, -0.15) is 5.10 Å². The van der Waals surface area contributed by atoms with E-state index in [1.165, 1.54) is 27.0 Å². The summed E-state index contributed by atoms with van der Waals surface area (Å²) in [6, 6.07) is 18.0. The number of aryl methyl sites for hydroxylation is 2. The van der Waals surface area contributed by atoms with Gasteiger partial charge >= 0.3 is 0 Å². The van der Waals surface area contributed by atoms with Crippen molar-refractivity contribution in [1.82, 2.24) is 10.2 Å². The molecule has 0 amide bonds. The van der Waals surface area contributed by atoms with Crippen LogP contribution in [0.2, 0.25) is 0 Å². The Hall–Kier alpha value is -2.33. The molecule has 3 rings (SSSR count). The third-order valence-corrected chi connectivity index (χ3v) is 4.58. The molecule has 0 spiro atoms. The minimum absolute atomic E-state index is 0.188. The van der Waals surface area contributed by atoms with Gasteiger partial charge in [0.1, 0.15) is 0 Å². The lowest BCUT2D eigenvalue weighted by molar-refractivity contribution is 0.994. The van der Waals surface area contributed by atoms with Gasteiger partial charge in [0, 0.05) is 21.4 Å². The zero-order valence-electron chi connectivity index (χ0n) is 12.5. The van der Waals surface area contributed by atoms with Crippen LogP contribution in [0.15, 0.2) is 69.2 Å². The fourth-order valence-corrected chi connectivity index (χ4v) is 3.04. The predicted molar refractivity (Wildman–Crippen MR) is 90.3 cm³/mol. The van der Waals surface area contributed by atoms with Crippen molar-refractivity contribution < 1.29 is 0 Å². The maximum Gasteiger partial charge on any atom is 0.264 e. The highest BCUT2D eigenvalue weighted by Crippen LogP contribution is 2.32. The van der Waals surface area contributed by atoms with E-state index in [2.05, 4.69) is 60.4 Å². The van der Waals surface area contributed by atoms with E-state index >= 15 is 0 Å². The molecule has 0 unspecified atom stereocenters. The van der Waals surface area contributed by atoms with E-state index in [1.54, 1.807) is 17.8 Å². The number of rotatable bonds is 3. The summed E-state index contributed by atoms with van der Waals surface area (Å²) < 4.78 is 0. The number of hydrogen-bond donors (Lipinski definition) is 1. The van der Waals surface area contributed by atoms with Gasteiger partial charge in [0.15, 0.2) is 0 Å². The first kappa shape index (κ1) is 14.6. The minimum Gasteiger partial charge on any atom is -0.268 e. The number of aromatic nitrogens is 2. The van der Waals surface area contributed by atoms with Crippen LogP contribution in [-0.2, 0) is 0 Å². The minimum atomic E-state index is -0.188. The van der Waals surface area contributed by atoms with Gasteiger partial charge in [-0.05, 0) is 49.7 Å². The number of benzene rings is 2. The summed E-state index contributed by atoms with van der Waals surface area (Å²) >= 11 is 1.75. The molecule has 110 valence electrons. The van der Waals surface area contributed by atoms with E-state index in [0.29, 0.717) is 0 Å². The van der Waals surface area contributed by atoms with Crippen LogP contribution in [0.4, 0.5) is 0 Å². The van der Waals surface area contributed by atoms with Crippen molar-refractivity contribution in [3.05, 3.63) is 76.1 Å². The molecule has 1 heterocycles. The average molecular weight is 308 g/mol. The van der Waals surface area contributed by atoms with Crippen LogP contribution in [0.25, 0.3) is 11.3 Å². The van der Waals surface area contributed by atoms with Crippen molar-refractivity contribution >= 4 is 11.8 Å². The summed E-state index contributed by atoms with van der Waals surface area (Å²) in [5.74, 6) is 0. The monoisotopic (exact) mass is 308 g/mol. The lowest BCUT2D eigenvalue weighted by Gasteiger charge is -2.08. The number of hydrogen-bond acceptors (Lipinski definition) is 3. The standard InChI is InChI=1S/C18H16N2OS/c1-12-3-6-15(7-4-12)22-17-9-5-14(11-13(17)2)16-8-10-18(21)20-19-16/h3-11H,1-2H3,(H,20,21). The van der Waals surface area contributed by atoms with Crippen LogP contribution in [0.5, 0.6) is 0 Å². The molecular formula is C18H16N2OS. The smallest absolute Gasteiger partial charge is 0.264 e. The SMILES string of the molecule is Cc1ccc(Sc2ccc(-c3ccc(=O)[nH]n3)cc2C)cc1. The van der Waals surface area contributed by atoms with Gasteiger partial charge in [-0.1, -0.05) is 35.5 Å². The van der Waals surface area contributed by atoms with Crippen LogP contribution in [0.3, 0.4) is 0 Å². The van der Waals surface area contributed by atoms with Gasteiger partial charge in [0.2, 0.25) is 0 Å². The van der Waals surface area contributed by atoms with E-state index in [-0.39, 0.29) is 5.56 Å². The van der Waals surface area contributed by atoms with Crippen LogP contribution in [0, 0.1) is 13.8 Å². The molecule has 0 fully saturated rings. The molecule has 0 radical (unpaired) electrons. The molecule has 1 aromatic heterocycles. The van der Waals surface area contributed by atoms with Crippen LogP contribution < -0.4 is 5.56 Å². The van der Waals surface area contributed by atoms with Gasteiger partial charge in [0.05, 0.1) is 5.69 Å². The van der Waals surface area contributed by atoms with Crippen LogP contribution in [0.1, 0.15) is 11.1 Å². The quantitative estimate of drug-likeness (QED) is 0.788. The molecule has 0 saturated heterocycles. The van der Waals surface area contributed by atoms with Crippen molar-refractivity contribution in [2.45, 2.75) is 23.6 Å². The van der Waals surface area contributed by atoms with Crippen molar-refractivity contribution in [1.29, 1.82) is 0 Å². The highest BCUT2D eigenvalue weighted by atomic mass is 32.2. The molecule has 0 aliphatic rings. The Labute approximate surface area is 133 Å². The molecule has 0 aliphatic heterocycles. The highest BCUT2D eigenvalue weighted by molar-refractivity contribution is 7.99. The molecule has 0 saturated carbocycles. The zero-order valence-corrected chi connectivity index (χ0v) is 13.3. The third-order valence-electron chi connectivity index (χ3n) is 3.40. The lowest BCUT2D eigenvalue weighted by Crippen LogP contribution is -2.05. The molecule has 4 heteroatoms. The second-order valence-corrected chi connectivity index (χ2v) is 6.32. The number of aromatic amines is 1. The molecule has 0 aliphatic carbocycles. The van der Waals surface area contributed by atoms with Crippen molar-refractivity contribution in [2.24, 2.45) is 0 Å². The van der Waals surface area contributed by atoms with E-state index in [9.17, 15) is 4.79 Å². The normalized spacial score (nSPS) is 10.6. The van der Waals surface area contributed by atoms with E-state index < -0.39 is 0 Å². The van der Waals surface area contributed by atoms with Crippen molar-refractivity contribution in [3.8, 4) is 11.3 Å². The molecule has 0 bridgehead atoms. The second-order valence-electron chi connectivity index (χ2n) is 5.20. The molecule has 2 aromatic carbocycles. The second kappa shape index (κ2) is 6.20. The Morgan fingerprint density at radius 3 is 2.36 bits per heavy atom. The van der Waals surface area contributed by atoms with E-state index in [4.69, 9.17) is 0 Å². The van der Waals surface area contributed by atoms with Gasteiger partial charge in [-0.15, -0.1) is 0 Å². The summed E-state index contributed by atoms with van der Waals surface area (Å²) in [6.07, 6.45) is 0. The first-order chi connectivity index (χ1) is 10.6. The van der Waals surface area contributed by atoms with Crippen LogP contribution in [-0.4, -0.2) is 10.2 Å². The lowest BCUT2D eigenvalue weighted by atomic mass is 10.1. The van der Waals surface area contributed by atoms with E-state index in [1.807, 2.05) is 6.07 Å². The zero-order chi connectivity index (χ0) is 15.5. The molecular weight excluding hydrogens is 292 g/mol. The Bertz CT molecular complexity index is 833. The number of H-pyrrole nitrogens is 1. The van der Waals surface area contributed by atoms with Gasteiger partial charge in [0.25, 0.3) is 5.56 Å². The van der Waals surface area contributed by atoms with Crippen molar-refractivity contribution in [2.75, 3.05) is 0 Å². The fourth-order valence-electron chi connectivity index (χ4n) is 2.16. The Kier molecular flexibility index (Phi) is 4.11. The maximum atomic E-state index is 11.1. The summed E-state index contributed by atoms with van der Waals surface area (Å²) in [7, 11) is 0. The molecule has 3 aromatic rings. The first-order valence-corrected chi connectivity index (χ1v) is 7.85. The largest absolute Gasteiger partial charge is 0.268 e. The molecule has 0 atom stereocenters. The van der Waals surface area contributed by atoms with Gasteiger partial charge < -0.3 is 0 Å². The predicted octanol–water partition coefficient (Wildman–Crippen LogP) is 4.20. The van der Waals surface area contributed by atoms with Crippen molar-refractivity contribution in [3.63, 3.8) is 0 Å².